The first-order chi connectivity index (χ1) is 9.99. The SMILES string of the molecule is O=C(c1ccc(F)c(F)c1F)C1CC2CCCC(C1)S2=O. The van der Waals surface area contributed by atoms with Crippen molar-refractivity contribution >= 4 is 16.6 Å². The molecule has 21 heavy (non-hydrogen) atoms. The second-order valence-electron chi connectivity index (χ2n) is 5.76. The van der Waals surface area contributed by atoms with Crippen LogP contribution in [0, 0.1) is 23.4 Å². The Morgan fingerprint density at radius 1 is 1.05 bits per heavy atom. The molecule has 3 rings (SSSR count). The molecule has 6 heteroatoms. The number of Topliss-reactive ketones (excluding diaryl/α,β-unsaturated/α-hetero) is 1. The number of fused-ring (bicyclic) bond motifs is 2. The van der Waals surface area contributed by atoms with Crippen LogP contribution in [0.1, 0.15) is 42.5 Å². The molecule has 2 aliphatic heterocycles. The largest absolute Gasteiger partial charge is 0.294 e. The Labute approximate surface area is 123 Å². The van der Waals surface area contributed by atoms with E-state index >= 15 is 0 Å². The maximum absolute atomic E-state index is 13.7. The van der Waals surface area contributed by atoms with Gasteiger partial charge in [-0.2, -0.15) is 0 Å². The van der Waals surface area contributed by atoms with Crippen molar-refractivity contribution in [2.75, 3.05) is 0 Å². The summed E-state index contributed by atoms with van der Waals surface area (Å²) in [6, 6.07) is 1.77. The van der Waals surface area contributed by atoms with Crippen molar-refractivity contribution in [1.82, 2.24) is 0 Å². The summed E-state index contributed by atoms with van der Waals surface area (Å²) in [5, 5.41) is -0.0559. The zero-order valence-electron chi connectivity index (χ0n) is 11.3. The summed E-state index contributed by atoms with van der Waals surface area (Å²) in [5.74, 6) is -5.28. The number of hydrogen-bond acceptors (Lipinski definition) is 2. The van der Waals surface area contributed by atoms with Crippen molar-refractivity contribution < 1.29 is 22.2 Å². The van der Waals surface area contributed by atoms with Crippen molar-refractivity contribution in [2.24, 2.45) is 5.92 Å². The van der Waals surface area contributed by atoms with Crippen LogP contribution < -0.4 is 0 Å². The first-order valence-electron chi connectivity index (χ1n) is 7.06. The number of hydrogen-bond donors (Lipinski definition) is 0. The molecule has 1 aromatic carbocycles. The summed E-state index contributed by atoms with van der Waals surface area (Å²) in [5.41, 5.74) is -0.398. The monoisotopic (exact) mass is 316 g/mol. The smallest absolute Gasteiger partial charge is 0.195 e. The van der Waals surface area contributed by atoms with Gasteiger partial charge in [-0.05, 0) is 37.8 Å². The quantitative estimate of drug-likeness (QED) is 0.619. The molecular formula is C15H15F3O2S. The van der Waals surface area contributed by atoms with E-state index in [1.54, 1.807) is 0 Å². The standard InChI is InChI=1S/C15H15F3O2S/c16-12-5-4-11(13(17)14(12)18)15(19)8-6-9-2-1-3-10(7-8)21(9)20/h4-5,8-10H,1-3,6-7H2. The van der Waals surface area contributed by atoms with Crippen LogP contribution in [0.15, 0.2) is 12.1 Å². The fraction of sp³-hybridized carbons (Fsp3) is 0.533. The van der Waals surface area contributed by atoms with Gasteiger partial charge in [0.1, 0.15) is 0 Å². The van der Waals surface area contributed by atoms with Crippen LogP contribution in [0.5, 0.6) is 0 Å². The third-order valence-corrected chi connectivity index (χ3v) is 6.65. The Bertz CT molecular complexity index is 601. The summed E-state index contributed by atoms with van der Waals surface area (Å²) >= 11 is 0. The van der Waals surface area contributed by atoms with Crippen molar-refractivity contribution in [3.8, 4) is 0 Å². The Hall–Kier alpha value is -1.17. The molecule has 0 aliphatic carbocycles. The molecule has 0 N–H and O–H groups in total. The molecule has 0 aromatic heterocycles. The van der Waals surface area contributed by atoms with Gasteiger partial charge in [-0.3, -0.25) is 9.00 Å². The fourth-order valence-electron chi connectivity index (χ4n) is 3.38. The fourth-order valence-corrected chi connectivity index (χ4v) is 5.57. The van der Waals surface area contributed by atoms with Gasteiger partial charge in [-0.1, -0.05) is 6.42 Å². The molecule has 2 saturated heterocycles. The van der Waals surface area contributed by atoms with Gasteiger partial charge in [-0.15, -0.1) is 0 Å². The van der Waals surface area contributed by atoms with Crippen molar-refractivity contribution in [2.45, 2.75) is 42.6 Å². The molecule has 0 saturated carbocycles. The topological polar surface area (TPSA) is 34.1 Å². The van der Waals surface area contributed by atoms with Crippen LogP contribution in [0.25, 0.3) is 0 Å². The zero-order valence-corrected chi connectivity index (χ0v) is 12.1. The first kappa shape index (κ1) is 14.8. The van der Waals surface area contributed by atoms with Gasteiger partial charge in [-0.25, -0.2) is 13.2 Å². The van der Waals surface area contributed by atoms with E-state index in [2.05, 4.69) is 0 Å². The van der Waals surface area contributed by atoms with Crippen LogP contribution in [-0.2, 0) is 10.8 Å². The van der Waals surface area contributed by atoms with Crippen molar-refractivity contribution in [3.63, 3.8) is 0 Å². The van der Waals surface area contributed by atoms with Crippen LogP contribution in [0.3, 0.4) is 0 Å². The normalized spacial score (nSPS) is 32.0. The molecule has 2 heterocycles. The van der Waals surface area contributed by atoms with E-state index in [9.17, 15) is 22.2 Å². The van der Waals surface area contributed by atoms with E-state index in [1.165, 1.54) is 0 Å². The lowest BCUT2D eigenvalue weighted by Gasteiger charge is -2.37. The maximum Gasteiger partial charge on any atom is 0.195 e. The first-order valence-corrected chi connectivity index (χ1v) is 8.33. The summed E-state index contributed by atoms with van der Waals surface area (Å²) < 4.78 is 52.0. The number of ketones is 1. The predicted octanol–water partition coefficient (Wildman–Crippen LogP) is 3.37. The average Bonchev–Trinajstić information content (AvgIpc) is 2.44. The van der Waals surface area contributed by atoms with Crippen molar-refractivity contribution in [1.29, 1.82) is 0 Å². The Balaban J connectivity index is 1.86. The predicted molar refractivity (Wildman–Crippen MR) is 72.9 cm³/mol. The molecule has 2 nitrogen and oxygen atoms in total. The van der Waals surface area contributed by atoms with Crippen LogP contribution in [-0.4, -0.2) is 20.5 Å². The molecule has 114 valence electrons. The molecule has 1 aromatic rings. The van der Waals surface area contributed by atoms with Crippen LogP contribution in [0.4, 0.5) is 13.2 Å². The highest BCUT2D eigenvalue weighted by Gasteiger charge is 2.41. The van der Waals surface area contributed by atoms with Crippen molar-refractivity contribution in [3.05, 3.63) is 35.1 Å². The lowest BCUT2D eigenvalue weighted by atomic mass is 9.84. The van der Waals surface area contributed by atoms with E-state index in [4.69, 9.17) is 0 Å². The Kier molecular flexibility index (Phi) is 3.90. The minimum Gasteiger partial charge on any atom is -0.294 e. The van der Waals surface area contributed by atoms with Gasteiger partial charge in [0, 0.05) is 27.2 Å². The third kappa shape index (κ3) is 2.54. The molecule has 0 radical (unpaired) electrons. The molecule has 2 aliphatic rings. The number of rotatable bonds is 2. The second-order valence-corrected chi connectivity index (χ2v) is 7.75. The highest BCUT2D eigenvalue weighted by molar-refractivity contribution is 7.86. The summed E-state index contributed by atoms with van der Waals surface area (Å²) in [7, 11) is -0.923. The molecule has 0 amide bonds. The molecule has 2 atom stereocenters. The van der Waals surface area contributed by atoms with Crippen LogP contribution >= 0.6 is 0 Å². The molecule has 2 bridgehead atoms. The molecular weight excluding hydrogens is 301 g/mol. The number of carbonyl (C=O) groups excluding carboxylic acids is 1. The van der Waals surface area contributed by atoms with Gasteiger partial charge in [0.15, 0.2) is 23.2 Å². The summed E-state index contributed by atoms with van der Waals surface area (Å²) in [6.07, 6.45) is 3.52. The molecule has 2 unspecified atom stereocenters. The average molecular weight is 316 g/mol. The van der Waals surface area contributed by atoms with Gasteiger partial charge in [0.2, 0.25) is 0 Å². The van der Waals surface area contributed by atoms with Gasteiger partial charge < -0.3 is 0 Å². The lowest BCUT2D eigenvalue weighted by molar-refractivity contribution is 0.0890. The van der Waals surface area contributed by atoms with E-state index in [-0.39, 0.29) is 10.5 Å². The van der Waals surface area contributed by atoms with Gasteiger partial charge in [0.25, 0.3) is 0 Å². The van der Waals surface area contributed by atoms with E-state index in [0.717, 1.165) is 31.4 Å². The van der Waals surface area contributed by atoms with Gasteiger partial charge in [0.05, 0.1) is 5.56 Å². The molecule has 0 spiro atoms. The minimum absolute atomic E-state index is 0.0280. The third-order valence-electron chi connectivity index (χ3n) is 4.48. The lowest BCUT2D eigenvalue weighted by Crippen LogP contribution is -2.41. The minimum atomic E-state index is -1.61. The number of carbonyl (C=O) groups is 1. The highest BCUT2D eigenvalue weighted by Crippen LogP contribution is 2.38. The van der Waals surface area contributed by atoms with Gasteiger partial charge >= 0.3 is 0 Å². The number of halogens is 3. The number of benzene rings is 1. The van der Waals surface area contributed by atoms with Crippen LogP contribution in [0.2, 0.25) is 0 Å². The summed E-state index contributed by atoms with van der Waals surface area (Å²) in [4.78, 5) is 12.4. The molecule has 2 fully saturated rings. The highest BCUT2D eigenvalue weighted by atomic mass is 32.2. The zero-order chi connectivity index (χ0) is 15.1. The summed E-state index contributed by atoms with van der Waals surface area (Å²) in [6.45, 7) is 0. The van der Waals surface area contributed by atoms with E-state index in [1.807, 2.05) is 0 Å². The van der Waals surface area contributed by atoms with E-state index in [0.29, 0.717) is 12.8 Å². The maximum atomic E-state index is 13.7. The van der Waals surface area contributed by atoms with E-state index < -0.39 is 45.5 Å². The second kappa shape index (κ2) is 5.55. The Morgan fingerprint density at radius 3 is 2.29 bits per heavy atom. The Morgan fingerprint density at radius 2 is 1.67 bits per heavy atom.